The molecule has 2 aromatic carbocycles. The van der Waals surface area contributed by atoms with E-state index in [0.29, 0.717) is 28.7 Å². The molecule has 2 aromatic rings. The minimum atomic E-state index is -0.0589. The van der Waals surface area contributed by atoms with Crippen LogP contribution in [-0.2, 0) is 4.79 Å². The first-order valence-corrected chi connectivity index (χ1v) is 7.35. The molecule has 0 heterocycles. The predicted octanol–water partition coefficient (Wildman–Crippen LogP) is 4.74. The Morgan fingerprint density at radius 2 is 1.86 bits per heavy atom. The monoisotopic (exact) mass is 322 g/mol. The van der Waals surface area contributed by atoms with Crippen LogP contribution in [0.2, 0.25) is 10.0 Å². The maximum atomic E-state index is 11.8. The molecular formula is C16H16Cl2N2O. The summed E-state index contributed by atoms with van der Waals surface area (Å²) < 4.78 is 0. The Hall–Kier alpha value is -1.71. The number of nitrogens with one attached hydrogen (secondary N) is 2. The van der Waals surface area contributed by atoms with Gasteiger partial charge in [0.05, 0.1) is 0 Å². The summed E-state index contributed by atoms with van der Waals surface area (Å²) in [7, 11) is 0. The van der Waals surface area contributed by atoms with Gasteiger partial charge in [-0.2, -0.15) is 0 Å². The molecule has 2 N–H and O–H groups in total. The van der Waals surface area contributed by atoms with Crippen molar-refractivity contribution in [2.45, 2.75) is 13.3 Å². The number of hydrogen-bond donors (Lipinski definition) is 2. The van der Waals surface area contributed by atoms with Crippen molar-refractivity contribution in [3.63, 3.8) is 0 Å². The Morgan fingerprint density at radius 1 is 1.10 bits per heavy atom. The van der Waals surface area contributed by atoms with Gasteiger partial charge in [-0.05, 0) is 48.9 Å². The molecule has 0 aliphatic carbocycles. The third-order valence-corrected chi connectivity index (χ3v) is 3.43. The maximum absolute atomic E-state index is 11.8. The molecule has 110 valence electrons. The molecular weight excluding hydrogens is 307 g/mol. The number of carbonyl (C=O) groups excluding carboxylic acids is 1. The second-order valence-corrected chi connectivity index (χ2v) is 5.57. The molecule has 0 unspecified atom stereocenters. The minimum Gasteiger partial charge on any atom is -0.384 e. The molecule has 0 radical (unpaired) electrons. The van der Waals surface area contributed by atoms with Crippen LogP contribution in [0.15, 0.2) is 42.5 Å². The lowest BCUT2D eigenvalue weighted by atomic mass is 10.2. The first-order valence-electron chi connectivity index (χ1n) is 6.60. The van der Waals surface area contributed by atoms with Crippen LogP contribution < -0.4 is 10.6 Å². The number of halogens is 2. The quantitative estimate of drug-likeness (QED) is 0.834. The molecule has 0 aliphatic rings. The number of aryl methyl sites for hydroxylation is 1. The highest BCUT2D eigenvalue weighted by Crippen LogP contribution is 2.19. The van der Waals surface area contributed by atoms with Crippen LogP contribution in [0, 0.1) is 6.92 Å². The van der Waals surface area contributed by atoms with Crippen molar-refractivity contribution in [1.29, 1.82) is 0 Å². The lowest BCUT2D eigenvalue weighted by Crippen LogP contribution is -2.16. The maximum Gasteiger partial charge on any atom is 0.226 e. The van der Waals surface area contributed by atoms with E-state index in [1.165, 1.54) is 0 Å². The lowest BCUT2D eigenvalue weighted by molar-refractivity contribution is -0.115. The van der Waals surface area contributed by atoms with E-state index in [0.717, 1.165) is 11.3 Å². The molecule has 3 nitrogen and oxygen atoms in total. The van der Waals surface area contributed by atoms with Gasteiger partial charge in [0.1, 0.15) is 0 Å². The van der Waals surface area contributed by atoms with Gasteiger partial charge in [-0.1, -0.05) is 29.3 Å². The fraction of sp³-hybridized carbons (Fsp3) is 0.188. The topological polar surface area (TPSA) is 41.1 Å². The number of rotatable bonds is 5. The lowest BCUT2D eigenvalue weighted by Gasteiger charge is -2.10. The average molecular weight is 323 g/mol. The van der Waals surface area contributed by atoms with Crippen molar-refractivity contribution in [2.24, 2.45) is 0 Å². The molecule has 0 spiro atoms. The van der Waals surface area contributed by atoms with Crippen LogP contribution in [0.25, 0.3) is 0 Å². The number of hydrogen-bond acceptors (Lipinski definition) is 2. The Bertz CT molecular complexity index is 644. The van der Waals surface area contributed by atoms with Crippen molar-refractivity contribution < 1.29 is 4.79 Å². The summed E-state index contributed by atoms with van der Waals surface area (Å²) in [6.45, 7) is 2.52. The zero-order valence-electron chi connectivity index (χ0n) is 11.6. The van der Waals surface area contributed by atoms with E-state index >= 15 is 0 Å². The van der Waals surface area contributed by atoms with Gasteiger partial charge < -0.3 is 10.6 Å². The molecule has 5 heteroatoms. The summed E-state index contributed by atoms with van der Waals surface area (Å²) in [6, 6.07) is 12.7. The summed E-state index contributed by atoms with van der Waals surface area (Å²) in [5.41, 5.74) is 2.74. The molecule has 1 amide bonds. The molecule has 0 aliphatic heterocycles. The van der Waals surface area contributed by atoms with Gasteiger partial charge in [0.25, 0.3) is 0 Å². The fourth-order valence-electron chi connectivity index (χ4n) is 1.93. The highest BCUT2D eigenvalue weighted by atomic mass is 35.5. The highest BCUT2D eigenvalue weighted by Gasteiger charge is 2.04. The SMILES string of the molecule is Cc1cc(Cl)ccc1NCCC(=O)Nc1cccc(Cl)c1. The molecule has 0 bridgehead atoms. The van der Waals surface area contributed by atoms with Crippen LogP contribution in [0.4, 0.5) is 11.4 Å². The van der Waals surface area contributed by atoms with E-state index < -0.39 is 0 Å². The molecule has 0 atom stereocenters. The third-order valence-electron chi connectivity index (χ3n) is 2.96. The minimum absolute atomic E-state index is 0.0589. The number of benzene rings is 2. The summed E-state index contributed by atoms with van der Waals surface area (Å²) in [6.07, 6.45) is 0.370. The fourth-order valence-corrected chi connectivity index (χ4v) is 2.34. The molecule has 21 heavy (non-hydrogen) atoms. The Balaban J connectivity index is 1.81. The smallest absolute Gasteiger partial charge is 0.226 e. The highest BCUT2D eigenvalue weighted by molar-refractivity contribution is 6.31. The average Bonchev–Trinajstić information content (AvgIpc) is 2.41. The van der Waals surface area contributed by atoms with E-state index in [1.807, 2.05) is 25.1 Å². The standard InChI is InChI=1S/C16H16Cl2N2O/c1-11-9-13(18)5-6-15(11)19-8-7-16(21)20-14-4-2-3-12(17)10-14/h2-6,9-10,19H,7-8H2,1H3,(H,20,21). The van der Waals surface area contributed by atoms with Gasteiger partial charge in [-0.15, -0.1) is 0 Å². The van der Waals surface area contributed by atoms with Crippen molar-refractivity contribution >= 4 is 40.5 Å². The third kappa shape index (κ3) is 4.96. The summed E-state index contributed by atoms with van der Waals surface area (Å²) in [4.78, 5) is 11.8. The summed E-state index contributed by atoms with van der Waals surface area (Å²) in [5, 5.41) is 7.34. The van der Waals surface area contributed by atoms with E-state index in [-0.39, 0.29) is 5.91 Å². The number of anilines is 2. The zero-order chi connectivity index (χ0) is 15.2. The molecule has 0 saturated carbocycles. The summed E-state index contributed by atoms with van der Waals surface area (Å²) in [5.74, 6) is -0.0589. The van der Waals surface area contributed by atoms with E-state index in [2.05, 4.69) is 10.6 Å². The van der Waals surface area contributed by atoms with Crippen LogP contribution in [0.1, 0.15) is 12.0 Å². The van der Waals surface area contributed by atoms with Gasteiger partial charge in [0.2, 0.25) is 5.91 Å². The van der Waals surface area contributed by atoms with E-state index in [4.69, 9.17) is 23.2 Å². The largest absolute Gasteiger partial charge is 0.384 e. The summed E-state index contributed by atoms with van der Waals surface area (Å²) >= 11 is 11.8. The predicted molar refractivity (Wildman–Crippen MR) is 89.4 cm³/mol. The van der Waals surface area contributed by atoms with E-state index in [1.54, 1.807) is 24.3 Å². The van der Waals surface area contributed by atoms with Crippen LogP contribution in [0.3, 0.4) is 0 Å². The molecule has 0 aromatic heterocycles. The normalized spacial score (nSPS) is 10.2. The van der Waals surface area contributed by atoms with Crippen molar-refractivity contribution in [2.75, 3.05) is 17.2 Å². The van der Waals surface area contributed by atoms with Gasteiger partial charge in [0.15, 0.2) is 0 Å². The second-order valence-electron chi connectivity index (χ2n) is 4.69. The molecule has 0 saturated heterocycles. The van der Waals surface area contributed by atoms with Crippen molar-refractivity contribution in [1.82, 2.24) is 0 Å². The van der Waals surface area contributed by atoms with Gasteiger partial charge in [-0.25, -0.2) is 0 Å². The Labute approximate surface area is 134 Å². The van der Waals surface area contributed by atoms with Crippen LogP contribution in [0.5, 0.6) is 0 Å². The Morgan fingerprint density at radius 3 is 2.57 bits per heavy atom. The van der Waals surface area contributed by atoms with Crippen molar-refractivity contribution in [3.05, 3.63) is 58.1 Å². The van der Waals surface area contributed by atoms with Gasteiger partial charge >= 0.3 is 0 Å². The number of carbonyl (C=O) groups is 1. The van der Waals surface area contributed by atoms with Crippen LogP contribution >= 0.6 is 23.2 Å². The zero-order valence-corrected chi connectivity index (χ0v) is 13.1. The first-order chi connectivity index (χ1) is 10.0. The van der Waals surface area contributed by atoms with Crippen LogP contribution in [-0.4, -0.2) is 12.5 Å². The second kappa shape index (κ2) is 7.34. The number of amides is 1. The molecule has 0 fully saturated rings. The van der Waals surface area contributed by atoms with E-state index in [9.17, 15) is 4.79 Å². The molecule has 2 rings (SSSR count). The van der Waals surface area contributed by atoms with Crippen molar-refractivity contribution in [3.8, 4) is 0 Å². The first kappa shape index (κ1) is 15.7. The Kier molecular flexibility index (Phi) is 5.48. The van der Waals surface area contributed by atoms with Gasteiger partial charge in [0, 0.05) is 34.4 Å². The van der Waals surface area contributed by atoms with Gasteiger partial charge in [-0.3, -0.25) is 4.79 Å².